The molecule has 6 nitrogen and oxygen atoms in total. The van der Waals surface area contributed by atoms with E-state index < -0.39 is 6.10 Å². The van der Waals surface area contributed by atoms with Crippen LogP contribution in [0.4, 0.5) is 5.69 Å². The number of nitrogens with zero attached hydrogens (tertiary/aromatic N) is 4. The fourth-order valence-corrected chi connectivity index (χ4v) is 5.28. The average Bonchev–Trinajstić information content (AvgIpc) is 2.81. The van der Waals surface area contributed by atoms with Crippen molar-refractivity contribution in [2.24, 2.45) is 0 Å². The van der Waals surface area contributed by atoms with Gasteiger partial charge in [-0.2, -0.15) is 0 Å². The van der Waals surface area contributed by atoms with Gasteiger partial charge in [-0.15, -0.1) is 0 Å². The molecule has 2 aromatic carbocycles. The summed E-state index contributed by atoms with van der Waals surface area (Å²) in [4.78, 5) is 22.0. The molecule has 170 valence electrons. The standard InChI is InChI=1S/C26H34N4O2/c1-27-12-14-29(15-13-27)23-6-7-25-21(16-23)9-11-30(26(25)32)19-24(31)18-28-10-8-20-4-2-3-5-22(20)17-28/h2-7,16,24,31H,8-15,17-19H2,1H3. The second-order valence-electron chi connectivity index (χ2n) is 9.54. The van der Waals surface area contributed by atoms with Crippen molar-refractivity contribution in [1.82, 2.24) is 14.7 Å². The highest BCUT2D eigenvalue weighted by Crippen LogP contribution is 2.26. The molecule has 1 atom stereocenters. The van der Waals surface area contributed by atoms with Crippen molar-refractivity contribution in [1.29, 1.82) is 0 Å². The molecule has 0 saturated carbocycles. The van der Waals surface area contributed by atoms with Gasteiger partial charge in [0.15, 0.2) is 0 Å². The lowest BCUT2D eigenvalue weighted by molar-refractivity contribution is 0.0493. The van der Waals surface area contributed by atoms with Crippen molar-refractivity contribution >= 4 is 11.6 Å². The molecule has 0 aromatic heterocycles. The number of carbonyl (C=O) groups is 1. The van der Waals surface area contributed by atoms with Gasteiger partial charge in [-0.1, -0.05) is 24.3 Å². The highest BCUT2D eigenvalue weighted by molar-refractivity contribution is 5.97. The molecule has 0 radical (unpaired) electrons. The minimum Gasteiger partial charge on any atom is -0.390 e. The highest BCUT2D eigenvalue weighted by atomic mass is 16.3. The zero-order valence-corrected chi connectivity index (χ0v) is 19.0. The van der Waals surface area contributed by atoms with Gasteiger partial charge in [0.2, 0.25) is 0 Å². The number of fused-ring (bicyclic) bond motifs is 2. The topological polar surface area (TPSA) is 50.3 Å². The van der Waals surface area contributed by atoms with Gasteiger partial charge in [-0.3, -0.25) is 9.69 Å². The zero-order chi connectivity index (χ0) is 22.1. The van der Waals surface area contributed by atoms with Crippen molar-refractivity contribution in [3.8, 4) is 0 Å². The third kappa shape index (κ3) is 4.53. The fraction of sp³-hybridized carbons (Fsp3) is 0.500. The summed E-state index contributed by atoms with van der Waals surface area (Å²) in [5.41, 5.74) is 5.93. The molecular formula is C26H34N4O2. The Morgan fingerprint density at radius 1 is 0.875 bits per heavy atom. The highest BCUT2D eigenvalue weighted by Gasteiger charge is 2.28. The number of carbonyl (C=O) groups excluding carboxylic acids is 1. The summed E-state index contributed by atoms with van der Waals surface area (Å²) in [7, 11) is 2.16. The number of aliphatic hydroxyl groups is 1. The second kappa shape index (κ2) is 9.22. The van der Waals surface area contributed by atoms with E-state index in [2.05, 4.69) is 58.1 Å². The van der Waals surface area contributed by atoms with Crippen LogP contribution in [0.1, 0.15) is 27.0 Å². The van der Waals surface area contributed by atoms with Gasteiger partial charge < -0.3 is 19.8 Å². The summed E-state index contributed by atoms with van der Waals surface area (Å²) in [5, 5.41) is 10.8. The minimum absolute atomic E-state index is 0.0548. The molecule has 32 heavy (non-hydrogen) atoms. The van der Waals surface area contributed by atoms with Gasteiger partial charge >= 0.3 is 0 Å². The van der Waals surface area contributed by atoms with E-state index in [4.69, 9.17) is 0 Å². The second-order valence-corrected chi connectivity index (χ2v) is 9.54. The van der Waals surface area contributed by atoms with Crippen LogP contribution >= 0.6 is 0 Å². The average molecular weight is 435 g/mol. The number of rotatable bonds is 5. The van der Waals surface area contributed by atoms with Crippen LogP contribution in [0, 0.1) is 0 Å². The number of benzene rings is 2. The third-order valence-corrected chi connectivity index (χ3v) is 7.24. The van der Waals surface area contributed by atoms with Crippen molar-refractivity contribution < 1.29 is 9.90 Å². The van der Waals surface area contributed by atoms with E-state index in [0.29, 0.717) is 19.6 Å². The summed E-state index contributed by atoms with van der Waals surface area (Å²) >= 11 is 0. The zero-order valence-electron chi connectivity index (χ0n) is 19.0. The Labute approximate surface area is 191 Å². The molecule has 3 heterocycles. The molecule has 6 heteroatoms. The van der Waals surface area contributed by atoms with Gasteiger partial charge in [-0.25, -0.2) is 0 Å². The number of aliphatic hydroxyl groups excluding tert-OH is 1. The molecule has 5 rings (SSSR count). The molecule has 1 amide bonds. The van der Waals surface area contributed by atoms with Crippen LogP contribution in [-0.2, 0) is 19.4 Å². The van der Waals surface area contributed by atoms with E-state index in [1.54, 1.807) is 0 Å². The number of amides is 1. The number of hydrogen-bond donors (Lipinski definition) is 1. The van der Waals surface area contributed by atoms with Crippen molar-refractivity contribution in [3.63, 3.8) is 0 Å². The lowest BCUT2D eigenvalue weighted by Crippen LogP contribution is -2.46. The van der Waals surface area contributed by atoms with Gasteiger partial charge in [0.1, 0.15) is 0 Å². The van der Waals surface area contributed by atoms with E-state index in [1.807, 2.05) is 11.0 Å². The molecule has 0 spiro atoms. The molecule has 3 aliphatic rings. The number of β-amino-alcohol motifs (C(OH)–C–C–N with tert-alkyl or cyclic N) is 1. The maximum atomic E-state index is 13.1. The third-order valence-electron chi connectivity index (χ3n) is 7.24. The molecule has 2 aromatic rings. The lowest BCUT2D eigenvalue weighted by atomic mass is 9.97. The molecule has 1 N–H and O–H groups in total. The first-order chi connectivity index (χ1) is 15.6. The molecule has 1 saturated heterocycles. The van der Waals surface area contributed by atoms with Crippen molar-refractivity contribution in [3.05, 3.63) is 64.7 Å². The van der Waals surface area contributed by atoms with Crippen LogP contribution < -0.4 is 4.90 Å². The summed E-state index contributed by atoms with van der Waals surface area (Å²) in [6.07, 6.45) is 1.34. The first kappa shape index (κ1) is 21.4. The summed E-state index contributed by atoms with van der Waals surface area (Å²) in [6.45, 7) is 7.72. The minimum atomic E-state index is -0.532. The number of piperazine rings is 1. The monoisotopic (exact) mass is 434 g/mol. The summed E-state index contributed by atoms with van der Waals surface area (Å²) in [6, 6.07) is 14.8. The van der Waals surface area contributed by atoms with Crippen molar-refractivity contribution in [2.75, 3.05) is 64.3 Å². The Hall–Kier alpha value is -2.41. The SMILES string of the molecule is CN1CCN(c2ccc3c(c2)CCN(CC(O)CN2CCc4ccccc4C2)C3=O)CC1. The predicted molar refractivity (Wildman–Crippen MR) is 127 cm³/mol. The van der Waals surface area contributed by atoms with Crippen LogP contribution in [0.25, 0.3) is 0 Å². The quantitative estimate of drug-likeness (QED) is 0.779. The Kier molecular flexibility index (Phi) is 6.17. The Morgan fingerprint density at radius 3 is 2.44 bits per heavy atom. The Balaban J connectivity index is 1.18. The largest absolute Gasteiger partial charge is 0.390 e. The molecule has 3 aliphatic heterocycles. The van der Waals surface area contributed by atoms with Gasteiger partial charge in [-0.05, 0) is 54.8 Å². The van der Waals surface area contributed by atoms with E-state index in [-0.39, 0.29) is 5.91 Å². The Morgan fingerprint density at radius 2 is 1.62 bits per heavy atom. The molecular weight excluding hydrogens is 400 g/mol. The van der Waals surface area contributed by atoms with Crippen LogP contribution in [0.3, 0.4) is 0 Å². The van der Waals surface area contributed by atoms with E-state index in [1.165, 1.54) is 16.8 Å². The van der Waals surface area contributed by atoms with E-state index in [9.17, 15) is 9.90 Å². The first-order valence-corrected chi connectivity index (χ1v) is 11.9. The Bertz CT molecular complexity index is 970. The number of hydrogen-bond acceptors (Lipinski definition) is 5. The molecule has 0 aliphatic carbocycles. The van der Waals surface area contributed by atoms with Gasteiger partial charge in [0, 0.05) is 70.2 Å². The van der Waals surface area contributed by atoms with Gasteiger partial charge in [0.05, 0.1) is 6.10 Å². The first-order valence-electron chi connectivity index (χ1n) is 11.9. The fourth-order valence-electron chi connectivity index (χ4n) is 5.28. The van der Waals surface area contributed by atoms with Crippen LogP contribution in [0.15, 0.2) is 42.5 Å². The molecule has 1 fully saturated rings. The van der Waals surface area contributed by atoms with E-state index >= 15 is 0 Å². The van der Waals surface area contributed by atoms with Crippen LogP contribution in [0.5, 0.6) is 0 Å². The molecule has 0 bridgehead atoms. The van der Waals surface area contributed by atoms with Crippen LogP contribution in [-0.4, -0.2) is 91.2 Å². The summed E-state index contributed by atoms with van der Waals surface area (Å²) < 4.78 is 0. The maximum absolute atomic E-state index is 13.1. The number of likely N-dealkylation sites (N-methyl/N-ethyl adjacent to an activating group) is 1. The summed E-state index contributed by atoms with van der Waals surface area (Å²) in [5.74, 6) is 0.0548. The maximum Gasteiger partial charge on any atom is 0.254 e. The smallest absolute Gasteiger partial charge is 0.254 e. The normalized spacial score (nSPS) is 20.8. The van der Waals surface area contributed by atoms with Crippen LogP contribution in [0.2, 0.25) is 0 Å². The van der Waals surface area contributed by atoms with E-state index in [0.717, 1.165) is 63.2 Å². The van der Waals surface area contributed by atoms with Crippen molar-refractivity contribution in [2.45, 2.75) is 25.5 Å². The predicted octanol–water partition coefficient (Wildman–Crippen LogP) is 1.86. The number of anilines is 1. The molecule has 1 unspecified atom stereocenters. The lowest BCUT2D eigenvalue weighted by Gasteiger charge is -2.36. The van der Waals surface area contributed by atoms with Gasteiger partial charge in [0.25, 0.3) is 5.91 Å².